The molecule has 0 saturated carbocycles. The predicted molar refractivity (Wildman–Crippen MR) is 71.5 cm³/mol. The number of aliphatic carboxylic acids is 1. The van der Waals surface area contributed by atoms with Gasteiger partial charge in [-0.1, -0.05) is 27.7 Å². The molecule has 106 valence electrons. The number of amides is 2. The summed E-state index contributed by atoms with van der Waals surface area (Å²) in [7, 11) is 1.76. The molecule has 0 fully saturated rings. The molecule has 0 bridgehead atoms. The number of hydrogen-bond acceptors (Lipinski definition) is 2. The van der Waals surface area contributed by atoms with Gasteiger partial charge < -0.3 is 15.3 Å². The summed E-state index contributed by atoms with van der Waals surface area (Å²) in [6.45, 7) is 9.10. The van der Waals surface area contributed by atoms with Crippen molar-refractivity contribution in [3.63, 3.8) is 0 Å². The van der Waals surface area contributed by atoms with Gasteiger partial charge in [0.25, 0.3) is 0 Å². The van der Waals surface area contributed by atoms with Crippen molar-refractivity contribution in [3.05, 3.63) is 0 Å². The highest BCUT2D eigenvalue weighted by atomic mass is 16.4. The van der Waals surface area contributed by atoms with Crippen LogP contribution in [-0.2, 0) is 4.79 Å². The van der Waals surface area contributed by atoms with E-state index in [9.17, 15) is 9.59 Å². The Kier molecular flexibility index (Phi) is 6.73. The molecule has 5 heteroatoms. The number of rotatable bonds is 6. The summed E-state index contributed by atoms with van der Waals surface area (Å²) in [5.41, 5.74) is 0.0733. The molecule has 0 rings (SSSR count). The zero-order chi connectivity index (χ0) is 14.3. The molecule has 0 aliphatic carbocycles. The Morgan fingerprint density at radius 2 is 1.89 bits per heavy atom. The highest BCUT2D eigenvalue weighted by molar-refractivity contribution is 5.73. The fraction of sp³-hybridized carbons (Fsp3) is 0.846. The third-order valence-corrected chi connectivity index (χ3v) is 2.57. The molecule has 2 N–H and O–H groups in total. The van der Waals surface area contributed by atoms with Crippen molar-refractivity contribution in [2.24, 2.45) is 11.3 Å². The molecule has 0 heterocycles. The van der Waals surface area contributed by atoms with Crippen molar-refractivity contribution < 1.29 is 14.7 Å². The fourth-order valence-electron chi connectivity index (χ4n) is 1.65. The Bertz CT molecular complexity index is 284. The van der Waals surface area contributed by atoms with E-state index in [1.54, 1.807) is 18.9 Å². The van der Waals surface area contributed by atoms with E-state index in [4.69, 9.17) is 5.11 Å². The summed E-state index contributed by atoms with van der Waals surface area (Å²) in [4.78, 5) is 23.9. The van der Waals surface area contributed by atoms with Crippen LogP contribution in [0.4, 0.5) is 4.79 Å². The third kappa shape index (κ3) is 7.92. The quantitative estimate of drug-likeness (QED) is 0.717. The van der Waals surface area contributed by atoms with E-state index in [1.165, 1.54) is 0 Å². The van der Waals surface area contributed by atoms with E-state index in [1.807, 2.05) is 0 Å². The standard InChI is InChI=1S/C13H26N2O3/c1-10(11(16)17)7-6-8-14-12(18)15(5)9-13(2,3)4/h10H,6-9H2,1-5H3,(H,14,18)(H,16,17). The molecule has 18 heavy (non-hydrogen) atoms. The monoisotopic (exact) mass is 258 g/mol. The summed E-state index contributed by atoms with van der Waals surface area (Å²) in [6, 6.07) is -0.104. The van der Waals surface area contributed by atoms with Gasteiger partial charge >= 0.3 is 12.0 Å². The fourth-order valence-corrected chi connectivity index (χ4v) is 1.65. The summed E-state index contributed by atoms with van der Waals surface area (Å²) >= 11 is 0. The Morgan fingerprint density at radius 3 is 2.33 bits per heavy atom. The maximum atomic E-state index is 11.7. The SMILES string of the molecule is CC(CCCNC(=O)N(C)CC(C)(C)C)C(=O)O. The van der Waals surface area contributed by atoms with E-state index in [0.717, 1.165) is 0 Å². The lowest BCUT2D eigenvalue weighted by atomic mass is 9.96. The van der Waals surface area contributed by atoms with Crippen molar-refractivity contribution in [1.29, 1.82) is 0 Å². The molecule has 0 aliphatic heterocycles. The van der Waals surface area contributed by atoms with Crippen LogP contribution in [0, 0.1) is 11.3 Å². The number of carboxylic acids is 1. The smallest absolute Gasteiger partial charge is 0.317 e. The van der Waals surface area contributed by atoms with E-state index >= 15 is 0 Å². The van der Waals surface area contributed by atoms with Gasteiger partial charge in [-0.3, -0.25) is 4.79 Å². The molecule has 5 nitrogen and oxygen atoms in total. The third-order valence-electron chi connectivity index (χ3n) is 2.57. The molecule has 0 aromatic heterocycles. The highest BCUT2D eigenvalue weighted by Crippen LogP contribution is 2.14. The van der Waals surface area contributed by atoms with Crippen LogP contribution in [0.5, 0.6) is 0 Å². The van der Waals surface area contributed by atoms with Gasteiger partial charge in [-0.15, -0.1) is 0 Å². The van der Waals surface area contributed by atoms with Crippen molar-refractivity contribution >= 4 is 12.0 Å². The number of nitrogens with zero attached hydrogens (tertiary/aromatic N) is 1. The van der Waals surface area contributed by atoms with Gasteiger partial charge in [0, 0.05) is 20.1 Å². The molecular formula is C13H26N2O3. The number of hydrogen-bond donors (Lipinski definition) is 2. The van der Waals surface area contributed by atoms with Gasteiger partial charge in [-0.2, -0.15) is 0 Å². The van der Waals surface area contributed by atoms with Crippen LogP contribution in [0.25, 0.3) is 0 Å². The number of carbonyl (C=O) groups is 2. The normalized spacial score (nSPS) is 12.9. The summed E-state index contributed by atoms with van der Waals surface area (Å²) < 4.78 is 0. The molecular weight excluding hydrogens is 232 g/mol. The summed E-state index contributed by atoms with van der Waals surface area (Å²) in [5, 5.41) is 11.5. The first-order valence-electron chi connectivity index (χ1n) is 6.35. The molecule has 0 saturated heterocycles. The van der Waals surface area contributed by atoms with Crippen molar-refractivity contribution in [2.75, 3.05) is 20.1 Å². The first-order valence-corrected chi connectivity index (χ1v) is 6.35. The van der Waals surface area contributed by atoms with Crippen LogP contribution in [0.15, 0.2) is 0 Å². The Labute approximate surface area is 110 Å². The maximum absolute atomic E-state index is 11.7. The first kappa shape index (κ1) is 16.7. The second-order valence-electron chi connectivity index (χ2n) is 6.03. The minimum atomic E-state index is -0.786. The van der Waals surface area contributed by atoms with Gasteiger partial charge in [-0.25, -0.2) is 4.79 Å². The minimum absolute atomic E-state index is 0.0733. The van der Waals surface area contributed by atoms with Crippen LogP contribution in [-0.4, -0.2) is 42.1 Å². The largest absolute Gasteiger partial charge is 0.481 e. The number of carbonyl (C=O) groups excluding carboxylic acids is 1. The van der Waals surface area contributed by atoms with E-state index in [2.05, 4.69) is 26.1 Å². The zero-order valence-electron chi connectivity index (χ0n) is 12.1. The molecule has 1 unspecified atom stereocenters. The lowest BCUT2D eigenvalue weighted by Crippen LogP contribution is -2.41. The molecule has 0 radical (unpaired) electrons. The van der Waals surface area contributed by atoms with Crippen molar-refractivity contribution in [2.45, 2.75) is 40.5 Å². The van der Waals surface area contributed by atoms with Gasteiger partial charge in [0.2, 0.25) is 0 Å². The Hall–Kier alpha value is -1.26. The van der Waals surface area contributed by atoms with Crippen LogP contribution >= 0.6 is 0 Å². The average molecular weight is 258 g/mol. The Morgan fingerprint density at radius 1 is 1.33 bits per heavy atom. The molecule has 0 spiro atoms. The molecule has 0 aliphatic rings. The molecule has 0 aromatic rings. The highest BCUT2D eigenvalue weighted by Gasteiger charge is 2.17. The van der Waals surface area contributed by atoms with Crippen LogP contribution in [0.2, 0.25) is 0 Å². The first-order chi connectivity index (χ1) is 8.13. The van der Waals surface area contributed by atoms with Gasteiger partial charge in [0.05, 0.1) is 5.92 Å². The van der Waals surface area contributed by atoms with Gasteiger partial charge in [-0.05, 0) is 18.3 Å². The van der Waals surface area contributed by atoms with Crippen LogP contribution < -0.4 is 5.32 Å². The lowest BCUT2D eigenvalue weighted by Gasteiger charge is -2.26. The topological polar surface area (TPSA) is 69.6 Å². The van der Waals surface area contributed by atoms with Crippen molar-refractivity contribution in [1.82, 2.24) is 10.2 Å². The summed E-state index contributed by atoms with van der Waals surface area (Å²) in [5.74, 6) is -1.14. The predicted octanol–water partition coefficient (Wildman–Crippen LogP) is 2.17. The number of carboxylic acid groups (broad SMARTS) is 1. The second-order valence-corrected chi connectivity index (χ2v) is 6.03. The Balaban J connectivity index is 3.80. The van der Waals surface area contributed by atoms with Gasteiger partial charge in [0.15, 0.2) is 0 Å². The van der Waals surface area contributed by atoms with Crippen LogP contribution in [0.3, 0.4) is 0 Å². The van der Waals surface area contributed by atoms with E-state index in [-0.39, 0.29) is 17.4 Å². The molecule has 1 atom stereocenters. The minimum Gasteiger partial charge on any atom is -0.481 e. The summed E-state index contributed by atoms with van der Waals surface area (Å²) in [6.07, 6.45) is 1.27. The lowest BCUT2D eigenvalue weighted by molar-refractivity contribution is -0.141. The van der Waals surface area contributed by atoms with Crippen molar-refractivity contribution in [3.8, 4) is 0 Å². The number of nitrogens with one attached hydrogen (secondary N) is 1. The number of urea groups is 1. The zero-order valence-corrected chi connectivity index (χ0v) is 12.1. The second kappa shape index (κ2) is 7.24. The average Bonchev–Trinajstić information content (AvgIpc) is 2.20. The van der Waals surface area contributed by atoms with E-state index in [0.29, 0.717) is 25.9 Å². The molecule has 0 aromatic carbocycles. The van der Waals surface area contributed by atoms with Gasteiger partial charge in [0.1, 0.15) is 0 Å². The molecule has 2 amide bonds. The van der Waals surface area contributed by atoms with E-state index < -0.39 is 5.97 Å². The maximum Gasteiger partial charge on any atom is 0.317 e. The van der Waals surface area contributed by atoms with Crippen LogP contribution in [0.1, 0.15) is 40.5 Å².